The Hall–Kier alpha value is -3.62. The number of aryl methyl sites for hydroxylation is 1. The summed E-state index contributed by atoms with van der Waals surface area (Å²) in [6, 6.07) is 11.6. The van der Waals surface area contributed by atoms with Crippen LogP contribution in [0, 0.1) is 17.0 Å². The third-order valence-electron chi connectivity index (χ3n) is 4.44. The van der Waals surface area contributed by atoms with Crippen LogP contribution in [0.25, 0.3) is 0 Å². The van der Waals surface area contributed by atoms with Crippen LogP contribution >= 0.6 is 0 Å². The molecule has 0 radical (unpaired) electrons. The van der Waals surface area contributed by atoms with Crippen LogP contribution in [0.15, 0.2) is 42.5 Å². The van der Waals surface area contributed by atoms with E-state index in [-0.39, 0.29) is 30.5 Å². The molecule has 0 aromatic heterocycles. The summed E-state index contributed by atoms with van der Waals surface area (Å²) < 4.78 is 16.4. The fourth-order valence-corrected chi connectivity index (χ4v) is 2.94. The van der Waals surface area contributed by atoms with E-state index in [0.29, 0.717) is 17.1 Å². The third kappa shape index (κ3) is 4.63. The maximum absolute atomic E-state index is 12.3. The molecule has 0 aliphatic carbocycles. The standard InChI is InChI=1S/C20H20N2O7/c1-13-6-5-7-15(19(13)22(25)26)20(24)28-12-18(23)21(2)10-14-11-27-16-8-3-4-9-17(16)29-14/h3-9,14H,10-12H2,1-2H3/t14-/m0/s1. The lowest BCUT2D eigenvalue weighted by atomic mass is 10.1. The van der Waals surface area contributed by atoms with Crippen molar-refractivity contribution in [1.82, 2.24) is 4.90 Å². The van der Waals surface area contributed by atoms with Crippen LogP contribution in [-0.4, -0.2) is 54.6 Å². The molecule has 9 heteroatoms. The number of nitro benzene ring substituents is 1. The number of ether oxygens (including phenoxy) is 3. The molecule has 1 aliphatic heterocycles. The monoisotopic (exact) mass is 400 g/mol. The van der Waals surface area contributed by atoms with Crippen molar-refractivity contribution >= 4 is 17.6 Å². The molecule has 152 valence electrons. The SMILES string of the molecule is Cc1cccc(C(=O)OCC(=O)N(C)C[C@H]2COc3ccccc3O2)c1[N+](=O)[O-]. The first kappa shape index (κ1) is 20.1. The quantitative estimate of drug-likeness (QED) is 0.416. The molecule has 1 aliphatic rings. The van der Waals surface area contributed by atoms with Gasteiger partial charge < -0.3 is 19.1 Å². The zero-order valence-corrected chi connectivity index (χ0v) is 16.0. The number of fused-ring (bicyclic) bond motifs is 1. The van der Waals surface area contributed by atoms with Crippen LogP contribution in [0.4, 0.5) is 5.69 Å². The van der Waals surface area contributed by atoms with Crippen LogP contribution in [0.3, 0.4) is 0 Å². The van der Waals surface area contributed by atoms with Gasteiger partial charge in [-0.25, -0.2) is 4.79 Å². The molecule has 0 saturated heterocycles. The van der Waals surface area contributed by atoms with Gasteiger partial charge in [-0.2, -0.15) is 0 Å². The Kier molecular flexibility index (Phi) is 5.96. The molecule has 1 amide bonds. The smallest absolute Gasteiger partial charge is 0.345 e. The van der Waals surface area contributed by atoms with E-state index in [9.17, 15) is 19.7 Å². The number of nitro groups is 1. The van der Waals surface area contributed by atoms with E-state index in [2.05, 4.69) is 0 Å². The van der Waals surface area contributed by atoms with Crippen molar-refractivity contribution < 1.29 is 28.7 Å². The van der Waals surface area contributed by atoms with Gasteiger partial charge in [0.1, 0.15) is 12.2 Å². The Labute approximate surface area is 166 Å². The Morgan fingerprint density at radius 1 is 1.21 bits per heavy atom. The molecule has 0 saturated carbocycles. The minimum absolute atomic E-state index is 0.189. The molecule has 1 heterocycles. The summed E-state index contributed by atoms with van der Waals surface area (Å²) in [6.45, 7) is 1.50. The molecular formula is C20H20N2O7. The molecule has 9 nitrogen and oxygen atoms in total. The molecule has 0 unspecified atom stereocenters. The number of carbonyl (C=O) groups is 2. The van der Waals surface area contributed by atoms with Gasteiger partial charge in [-0.05, 0) is 25.1 Å². The average Bonchev–Trinajstić information content (AvgIpc) is 2.71. The molecule has 0 spiro atoms. The fourth-order valence-electron chi connectivity index (χ4n) is 2.94. The second-order valence-corrected chi connectivity index (χ2v) is 6.58. The number of benzene rings is 2. The lowest BCUT2D eigenvalue weighted by Gasteiger charge is -2.29. The second-order valence-electron chi connectivity index (χ2n) is 6.58. The highest BCUT2D eigenvalue weighted by Crippen LogP contribution is 2.31. The molecule has 1 atom stereocenters. The van der Waals surface area contributed by atoms with Gasteiger partial charge in [-0.3, -0.25) is 14.9 Å². The fraction of sp³-hybridized carbons (Fsp3) is 0.300. The van der Waals surface area contributed by atoms with E-state index in [4.69, 9.17) is 14.2 Å². The largest absolute Gasteiger partial charge is 0.486 e. The molecule has 0 bridgehead atoms. The number of amides is 1. The van der Waals surface area contributed by atoms with E-state index in [1.54, 1.807) is 19.2 Å². The Balaban J connectivity index is 1.55. The summed E-state index contributed by atoms with van der Waals surface area (Å²) in [6.07, 6.45) is -0.368. The van der Waals surface area contributed by atoms with Crippen LogP contribution in [0.2, 0.25) is 0 Å². The van der Waals surface area contributed by atoms with Gasteiger partial charge in [0.05, 0.1) is 11.5 Å². The highest BCUT2D eigenvalue weighted by molar-refractivity contribution is 5.95. The van der Waals surface area contributed by atoms with Gasteiger partial charge in [-0.15, -0.1) is 0 Å². The topological polar surface area (TPSA) is 108 Å². The number of hydrogen-bond donors (Lipinski definition) is 0. The van der Waals surface area contributed by atoms with Crippen molar-refractivity contribution in [3.63, 3.8) is 0 Å². The summed E-state index contributed by atoms with van der Waals surface area (Å²) in [5.74, 6) is -0.140. The highest BCUT2D eigenvalue weighted by Gasteiger charge is 2.26. The van der Waals surface area contributed by atoms with Gasteiger partial charge >= 0.3 is 5.97 Å². The number of para-hydroxylation sites is 3. The summed E-state index contributed by atoms with van der Waals surface area (Å²) in [7, 11) is 1.55. The van der Waals surface area contributed by atoms with Crippen molar-refractivity contribution in [3.8, 4) is 11.5 Å². The van der Waals surface area contributed by atoms with Gasteiger partial charge in [0.15, 0.2) is 24.2 Å². The minimum atomic E-state index is -0.923. The summed E-state index contributed by atoms with van der Waals surface area (Å²) in [4.78, 5) is 36.5. The summed E-state index contributed by atoms with van der Waals surface area (Å²) in [5.41, 5.74) is -0.182. The van der Waals surface area contributed by atoms with Crippen molar-refractivity contribution in [2.24, 2.45) is 0 Å². The molecule has 2 aromatic carbocycles. The molecule has 0 fully saturated rings. The third-order valence-corrected chi connectivity index (χ3v) is 4.44. The first-order valence-electron chi connectivity index (χ1n) is 8.90. The second kappa shape index (κ2) is 8.59. The molecular weight excluding hydrogens is 380 g/mol. The van der Waals surface area contributed by atoms with E-state index >= 15 is 0 Å². The molecule has 0 N–H and O–H groups in total. The first-order chi connectivity index (χ1) is 13.9. The van der Waals surface area contributed by atoms with Crippen LogP contribution in [-0.2, 0) is 9.53 Å². The van der Waals surface area contributed by atoms with Crippen molar-refractivity contribution in [1.29, 1.82) is 0 Å². The summed E-state index contributed by atoms with van der Waals surface area (Å²) in [5, 5.41) is 11.2. The molecule has 3 rings (SSSR count). The number of esters is 1. The van der Waals surface area contributed by atoms with Gasteiger partial charge in [-0.1, -0.05) is 24.3 Å². The van der Waals surface area contributed by atoms with E-state index in [1.165, 1.54) is 30.0 Å². The first-order valence-corrected chi connectivity index (χ1v) is 8.90. The Morgan fingerprint density at radius 3 is 2.66 bits per heavy atom. The lowest BCUT2D eigenvalue weighted by Crippen LogP contribution is -2.43. The average molecular weight is 400 g/mol. The number of hydrogen-bond acceptors (Lipinski definition) is 7. The van der Waals surface area contributed by atoms with Gasteiger partial charge in [0, 0.05) is 12.6 Å². The van der Waals surface area contributed by atoms with Gasteiger partial charge in [0.2, 0.25) is 0 Å². The number of rotatable bonds is 6. The Morgan fingerprint density at radius 2 is 1.93 bits per heavy atom. The van der Waals surface area contributed by atoms with Crippen molar-refractivity contribution in [2.45, 2.75) is 13.0 Å². The van der Waals surface area contributed by atoms with E-state index in [0.717, 1.165) is 0 Å². The molecule has 2 aromatic rings. The van der Waals surface area contributed by atoms with Crippen LogP contribution < -0.4 is 9.47 Å². The maximum Gasteiger partial charge on any atom is 0.345 e. The maximum atomic E-state index is 12.3. The predicted molar refractivity (Wildman–Crippen MR) is 102 cm³/mol. The van der Waals surface area contributed by atoms with Crippen molar-refractivity contribution in [3.05, 3.63) is 63.7 Å². The van der Waals surface area contributed by atoms with E-state index < -0.39 is 23.4 Å². The number of carbonyl (C=O) groups excluding carboxylic acids is 2. The number of nitrogens with zero attached hydrogens (tertiary/aromatic N) is 2. The summed E-state index contributed by atoms with van der Waals surface area (Å²) >= 11 is 0. The van der Waals surface area contributed by atoms with Crippen molar-refractivity contribution in [2.75, 3.05) is 26.8 Å². The van der Waals surface area contributed by atoms with Crippen LogP contribution in [0.5, 0.6) is 11.5 Å². The van der Waals surface area contributed by atoms with Crippen LogP contribution in [0.1, 0.15) is 15.9 Å². The van der Waals surface area contributed by atoms with Gasteiger partial charge in [0.25, 0.3) is 11.6 Å². The lowest BCUT2D eigenvalue weighted by molar-refractivity contribution is -0.385. The minimum Gasteiger partial charge on any atom is -0.486 e. The molecule has 29 heavy (non-hydrogen) atoms. The number of likely N-dealkylation sites (N-methyl/N-ethyl adjacent to an activating group) is 1. The highest BCUT2D eigenvalue weighted by atomic mass is 16.6. The normalized spacial score (nSPS) is 14.8. The zero-order valence-electron chi connectivity index (χ0n) is 16.0. The zero-order chi connectivity index (χ0) is 21.0. The van der Waals surface area contributed by atoms with E-state index in [1.807, 2.05) is 12.1 Å². The predicted octanol–water partition coefficient (Wildman–Crippen LogP) is 2.36. The Bertz CT molecular complexity index is 944.